The number of hydrogen-bond acceptors (Lipinski definition) is 1. The van der Waals surface area contributed by atoms with E-state index in [1.807, 2.05) is 61.1 Å². The third-order valence-corrected chi connectivity index (χ3v) is 2.00. The number of benzene rings is 1. The molecule has 0 aromatic heterocycles. The van der Waals surface area contributed by atoms with Gasteiger partial charge in [-0.15, -0.1) is 0 Å². The SMILES string of the molecule is [CH]1C=CC=C1.[Zr][O]c1ccccc1. The zero-order valence-corrected chi connectivity index (χ0v) is 9.64. The van der Waals surface area contributed by atoms with Crippen molar-refractivity contribution < 1.29 is 28.0 Å². The van der Waals surface area contributed by atoms with Crippen LogP contribution in [0.25, 0.3) is 0 Å². The van der Waals surface area contributed by atoms with Gasteiger partial charge in [0.2, 0.25) is 0 Å². The Labute approximate surface area is 94.6 Å². The van der Waals surface area contributed by atoms with E-state index in [0.29, 0.717) is 0 Å². The van der Waals surface area contributed by atoms with E-state index < -0.39 is 0 Å². The molecule has 0 atom stereocenters. The Kier molecular flexibility index (Phi) is 5.52. The molecule has 0 aliphatic heterocycles. The fraction of sp³-hybridized carbons (Fsp3) is 0. The second-order valence-electron chi connectivity index (χ2n) is 2.38. The van der Waals surface area contributed by atoms with Crippen molar-refractivity contribution in [2.24, 2.45) is 0 Å². The first kappa shape index (κ1) is 10.5. The van der Waals surface area contributed by atoms with Crippen LogP contribution < -0.4 is 2.81 Å². The summed E-state index contributed by atoms with van der Waals surface area (Å²) in [5, 5.41) is 0. The van der Waals surface area contributed by atoms with Crippen molar-refractivity contribution in [1.82, 2.24) is 0 Å². The topological polar surface area (TPSA) is 9.23 Å². The summed E-state index contributed by atoms with van der Waals surface area (Å²) < 4.78 is 5.00. The van der Waals surface area contributed by atoms with Gasteiger partial charge < -0.3 is 0 Å². The quantitative estimate of drug-likeness (QED) is 0.743. The molecule has 1 aromatic carbocycles. The molecule has 0 fully saturated rings. The van der Waals surface area contributed by atoms with E-state index in [9.17, 15) is 0 Å². The van der Waals surface area contributed by atoms with Crippen LogP contribution in [-0.2, 0) is 25.2 Å². The van der Waals surface area contributed by atoms with Crippen LogP contribution in [0.15, 0.2) is 54.6 Å². The van der Waals surface area contributed by atoms with Gasteiger partial charge in [-0.1, -0.05) is 24.3 Å². The molecule has 1 aliphatic carbocycles. The number of para-hydroxylation sites is 1. The molecular formula is C11H10OZr. The van der Waals surface area contributed by atoms with Crippen LogP contribution in [0.5, 0.6) is 5.75 Å². The van der Waals surface area contributed by atoms with Gasteiger partial charge >= 0.3 is 64.1 Å². The van der Waals surface area contributed by atoms with Crippen molar-refractivity contribution in [3.05, 3.63) is 61.1 Å². The Bertz CT molecular complexity index is 267. The molecule has 0 bridgehead atoms. The first-order valence-electron chi connectivity index (χ1n) is 3.99. The van der Waals surface area contributed by atoms with Gasteiger partial charge in [-0.3, -0.25) is 0 Å². The summed E-state index contributed by atoms with van der Waals surface area (Å²) >= 11 is 1.09. The first-order valence-corrected chi connectivity index (χ1v) is 4.99. The van der Waals surface area contributed by atoms with Crippen LogP contribution in [0.4, 0.5) is 0 Å². The predicted molar refractivity (Wildman–Crippen MR) is 49.7 cm³/mol. The Hall–Kier alpha value is -0.617. The van der Waals surface area contributed by atoms with Crippen LogP contribution in [0.2, 0.25) is 0 Å². The Balaban J connectivity index is 0.000000145. The van der Waals surface area contributed by atoms with Crippen LogP contribution in [0, 0.1) is 6.42 Å². The van der Waals surface area contributed by atoms with E-state index in [4.69, 9.17) is 2.81 Å². The Morgan fingerprint density at radius 1 is 0.846 bits per heavy atom. The monoisotopic (exact) mass is 248 g/mol. The van der Waals surface area contributed by atoms with Gasteiger partial charge in [-0.2, -0.15) is 0 Å². The number of allylic oxidation sites excluding steroid dienone is 4. The van der Waals surface area contributed by atoms with E-state index in [2.05, 4.69) is 0 Å². The molecule has 1 radical (unpaired) electrons. The number of rotatable bonds is 1. The van der Waals surface area contributed by atoms with Gasteiger partial charge in [0.05, 0.1) is 0 Å². The van der Waals surface area contributed by atoms with Gasteiger partial charge in [0.1, 0.15) is 0 Å². The molecule has 13 heavy (non-hydrogen) atoms. The molecule has 64 valence electrons. The first-order chi connectivity index (χ1) is 6.43. The molecule has 0 saturated carbocycles. The van der Waals surface area contributed by atoms with Crippen LogP contribution in [0.1, 0.15) is 0 Å². The maximum absolute atomic E-state index is 5.00. The minimum atomic E-state index is 0.950. The van der Waals surface area contributed by atoms with Crippen molar-refractivity contribution >= 4 is 0 Å². The molecule has 0 spiro atoms. The second kappa shape index (κ2) is 6.85. The molecule has 1 nitrogen and oxygen atoms in total. The predicted octanol–water partition coefficient (Wildman–Crippen LogP) is 2.84. The van der Waals surface area contributed by atoms with E-state index in [1.54, 1.807) is 0 Å². The molecular weight excluding hydrogens is 239 g/mol. The molecule has 0 unspecified atom stereocenters. The summed E-state index contributed by atoms with van der Waals surface area (Å²) in [4.78, 5) is 0. The molecule has 0 N–H and O–H groups in total. The van der Waals surface area contributed by atoms with Crippen molar-refractivity contribution in [3.63, 3.8) is 0 Å². The van der Waals surface area contributed by atoms with Gasteiger partial charge in [0.15, 0.2) is 0 Å². The van der Waals surface area contributed by atoms with Crippen molar-refractivity contribution in [2.75, 3.05) is 0 Å². The minimum absolute atomic E-state index is 0.950. The van der Waals surface area contributed by atoms with Crippen LogP contribution in [-0.4, -0.2) is 0 Å². The molecule has 2 heteroatoms. The van der Waals surface area contributed by atoms with Gasteiger partial charge in [-0.25, -0.2) is 0 Å². The summed E-state index contributed by atoms with van der Waals surface area (Å²) in [5.41, 5.74) is 0. The van der Waals surface area contributed by atoms with Crippen molar-refractivity contribution in [2.45, 2.75) is 0 Å². The fourth-order valence-corrected chi connectivity index (χ4v) is 1.14. The van der Waals surface area contributed by atoms with Crippen LogP contribution >= 0.6 is 0 Å². The van der Waals surface area contributed by atoms with Crippen molar-refractivity contribution in [3.8, 4) is 5.75 Å². The molecule has 1 aliphatic rings. The Morgan fingerprint density at radius 2 is 1.46 bits per heavy atom. The standard InChI is InChI=1S/C6H6O.C5H5.Zr/c7-6-4-2-1-3-5-6;1-2-4-5-3-1;/h1-5,7H;1-5H;/q;;+1/p-1. The Morgan fingerprint density at radius 3 is 1.77 bits per heavy atom. The summed E-state index contributed by atoms with van der Waals surface area (Å²) in [6.07, 6.45) is 10.0. The average molecular weight is 249 g/mol. The normalized spacial score (nSPS) is 11.9. The van der Waals surface area contributed by atoms with Gasteiger partial charge in [-0.05, 0) is 0 Å². The maximum atomic E-state index is 5.00. The molecule has 1 aromatic rings. The van der Waals surface area contributed by atoms with Crippen molar-refractivity contribution in [1.29, 1.82) is 0 Å². The molecule has 0 amide bonds. The zero-order chi connectivity index (χ0) is 9.36. The summed E-state index contributed by atoms with van der Waals surface area (Å²) in [6, 6.07) is 9.76. The van der Waals surface area contributed by atoms with Crippen LogP contribution in [0.3, 0.4) is 0 Å². The molecule has 2 rings (SSSR count). The summed E-state index contributed by atoms with van der Waals surface area (Å²) in [7, 11) is 0. The second-order valence-corrected chi connectivity index (χ2v) is 2.88. The third-order valence-electron chi connectivity index (χ3n) is 1.42. The third kappa shape index (κ3) is 4.84. The van der Waals surface area contributed by atoms with E-state index in [1.165, 1.54) is 0 Å². The van der Waals surface area contributed by atoms with Gasteiger partial charge in [0, 0.05) is 6.42 Å². The molecule has 0 heterocycles. The summed E-state index contributed by atoms with van der Waals surface area (Å²) in [5.74, 6) is 0.950. The zero-order valence-electron chi connectivity index (χ0n) is 7.18. The van der Waals surface area contributed by atoms with E-state index >= 15 is 0 Å². The van der Waals surface area contributed by atoms with E-state index in [0.717, 1.165) is 30.9 Å². The number of hydrogen-bond donors (Lipinski definition) is 0. The fourth-order valence-electron chi connectivity index (χ4n) is 0.809. The van der Waals surface area contributed by atoms with Gasteiger partial charge in [0.25, 0.3) is 0 Å². The van der Waals surface area contributed by atoms with E-state index in [-0.39, 0.29) is 0 Å². The molecule has 0 saturated heterocycles. The average Bonchev–Trinajstić information content (AvgIpc) is 2.77. The summed E-state index contributed by atoms with van der Waals surface area (Å²) in [6.45, 7) is 0.